The molecule has 4 nitrogen and oxygen atoms in total. The first-order chi connectivity index (χ1) is 9.29. The molecule has 3 N–H and O–H groups in total. The van der Waals surface area contributed by atoms with Crippen LogP contribution < -0.4 is 10.5 Å². The van der Waals surface area contributed by atoms with Crippen molar-refractivity contribution in [2.45, 2.75) is 18.7 Å². The molecule has 6 heteroatoms. The second-order valence-corrected chi connectivity index (χ2v) is 6.68. The lowest BCUT2D eigenvalue weighted by molar-refractivity contribution is 0.601. The van der Waals surface area contributed by atoms with Crippen LogP contribution >= 0.6 is 11.6 Å². The van der Waals surface area contributed by atoms with Crippen LogP contribution in [0.3, 0.4) is 0 Å². The van der Waals surface area contributed by atoms with Crippen LogP contribution in [0.4, 0.5) is 11.4 Å². The molecule has 0 heterocycles. The average Bonchev–Trinajstić information content (AvgIpc) is 2.37. The summed E-state index contributed by atoms with van der Waals surface area (Å²) in [6.45, 7) is 3.67. The van der Waals surface area contributed by atoms with Gasteiger partial charge in [-0.15, -0.1) is 0 Å². The first-order valence-corrected chi connectivity index (χ1v) is 7.81. The van der Waals surface area contributed by atoms with E-state index in [0.29, 0.717) is 16.4 Å². The zero-order valence-corrected chi connectivity index (χ0v) is 12.7. The Morgan fingerprint density at radius 1 is 1.05 bits per heavy atom. The van der Waals surface area contributed by atoms with Crippen molar-refractivity contribution in [1.82, 2.24) is 0 Å². The maximum atomic E-state index is 12.3. The van der Waals surface area contributed by atoms with E-state index in [9.17, 15) is 8.42 Å². The van der Waals surface area contributed by atoms with Gasteiger partial charge in [-0.25, -0.2) is 8.42 Å². The van der Waals surface area contributed by atoms with Crippen molar-refractivity contribution in [3.63, 3.8) is 0 Å². The highest BCUT2D eigenvalue weighted by Gasteiger charge is 2.15. The molecule has 0 spiro atoms. The minimum absolute atomic E-state index is 0.122. The zero-order chi connectivity index (χ0) is 14.9. The fraction of sp³-hybridized carbons (Fsp3) is 0.143. The van der Waals surface area contributed by atoms with Crippen molar-refractivity contribution in [2.24, 2.45) is 0 Å². The number of anilines is 2. The Kier molecular flexibility index (Phi) is 3.92. The van der Waals surface area contributed by atoms with Crippen molar-refractivity contribution in [2.75, 3.05) is 10.5 Å². The Balaban J connectivity index is 2.35. The van der Waals surface area contributed by atoms with Crippen LogP contribution in [0, 0.1) is 13.8 Å². The van der Waals surface area contributed by atoms with Gasteiger partial charge in [0.25, 0.3) is 10.0 Å². The quantitative estimate of drug-likeness (QED) is 0.854. The SMILES string of the molecule is Cc1ccc(S(=O)(=O)Nc2ccc(C)c(Cl)c2)cc1N. The van der Waals surface area contributed by atoms with E-state index in [1.54, 1.807) is 24.3 Å². The molecule has 20 heavy (non-hydrogen) atoms. The predicted molar refractivity (Wildman–Crippen MR) is 82.6 cm³/mol. The highest BCUT2D eigenvalue weighted by atomic mass is 35.5. The largest absolute Gasteiger partial charge is 0.398 e. The minimum Gasteiger partial charge on any atom is -0.398 e. The van der Waals surface area contributed by atoms with Crippen molar-refractivity contribution in [1.29, 1.82) is 0 Å². The van der Waals surface area contributed by atoms with E-state index in [1.165, 1.54) is 12.1 Å². The Bertz CT molecular complexity index is 758. The highest BCUT2D eigenvalue weighted by Crippen LogP contribution is 2.24. The Labute approximate surface area is 123 Å². The van der Waals surface area contributed by atoms with Gasteiger partial charge in [-0.05, 0) is 49.2 Å². The molecule has 0 radical (unpaired) electrons. The summed E-state index contributed by atoms with van der Waals surface area (Å²) in [4.78, 5) is 0.122. The van der Waals surface area contributed by atoms with E-state index in [0.717, 1.165) is 11.1 Å². The molecule has 0 aliphatic carbocycles. The lowest BCUT2D eigenvalue weighted by Crippen LogP contribution is -2.13. The third kappa shape index (κ3) is 3.05. The minimum atomic E-state index is -3.67. The molecule has 0 unspecified atom stereocenters. The van der Waals surface area contributed by atoms with Gasteiger partial charge in [0.1, 0.15) is 0 Å². The van der Waals surface area contributed by atoms with Crippen molar-refractivity contribution in [3.05, 3.63) is 52.5 Å². The molecular weight excluding hydrogens is 296 g/mol. The second kappa shape index (κ2) is 5.34. The highest BCUT2D eigenvalue weighted by molar-refractivity contribution is 7.92. The van der Waals surface area contributed by atoms with Gasteiger partial charge in [0.15, 0.2) is 0 Å². The molecule has 106 valence electrons. The van der Waals surface area contributed by atoms with E-state index in [1.807, 2.05) is 13.8 Å². The monoisotopic (exact) mass is 310 g/mol. The number of rotatable bonds is 3. The lowest BCUT2D eigenvalue weighted by Gasteiger charge is -2.10. The van der Waals surface area contributed by atoms with Gasteiger partial charge in [-0.3, -0.25) is 4.72 Å². The van der Waals surface area contributed by atoms with Crippen LogP contribution in [0.1, 0.15) is 11.1 Å². The number of halogens is 1. The number of sulfonamides is 1. The molecule has 2 rings (SSSR count). The molecule has 0 saturated carbocycles. The Hall–Kier alpha value is -1.72. The number of hydrogen-bond donors (Lipinski definition) is 2. The summed E-state index contributed by atoms with van der Waals surface area (Å²) in [6, 6.07) is 9.62. The van der Waals surface area contributed by atoms with Crippen molar-refractivity contribution >= 4 is 33.0 Å². The number of nitrogen functional groups attached to an aromatic ring is 1. The maximum absolute atomic E-state index is 12.3. The van der Waals surface area contributed by atoms with Crippen LogP contribution in [0.15, 0.2) is 41.3 Å². The van der Waals surface area contributed by atoms with Gasteiger partial charge < -0.3 is 5.73 Å². The van der Waals surface area contributed by atoms with Crippen LogP contribution in [0.2, 0.25) is 5.02 Å². The maximum Gasteiger partial charge on any atom is 0.261 e. The van der Waals surface area contributed by atoms with E-state index >= 15 is 0 Å². The average molecular weight is 311 g/mol. The molecule has 0 atom stereocenters. The molecule has 0 aromatic heterocycles. The number of hydrogen-bond acceptors (Lipinski definition) is 3. The Morgan fingerprint density at radius 3 is 2.30 bits per heavy atom. The summed E-state index contributed by atoms with van der Waals surface area (Å²) in [7, 11) is -3.67. The van der Waals surface area contributed by atoms with Gasteiger partial charge in [-0.1, -0.05) is 23.7 Å². The van der Waals surface area contributed by atoms with E-state index in [4.69, 9.17) is 17.3 Å². The summed E-state index contributed by atoms with van der Waals surface area (Å²) in [5.74, 6) is 0. The van der Waals surface area contributed by atoms with Crippen LogP contribution in [-0.2, 0) is 10.0 Å². The second-order valence-electron chi connectivity index (χ2n) is 4.59. The summed E-state index contributed by atoms with van der Waals surface area (Å²) in [5.41, 5.74) is 8.32. The third-order valence-corrected chi connectivity index (χ3v) is 4.77. The van der Waals surface area contributed by atoms with Gasteiger partial charge in [0.05, 0.1) is 10.6 Å². The molecule has 0 fully saturated rings. The molecule has 0 saturated heterocycles. The summed E-state index contributed by atoms with van der Waals surface area (Å²) >= 11 is 5.98. The van der Waals surface area contributed by atoms with Gasteiger partial charge in [0.2, 0.25) is 0 Å². The van der Waals surface area contributed by atoms with Crippen molar-refractivity contribution < 1.29 is 8.42 Å². The van der Waals surface area contributed by atoms with Crippen molar-refractivity contribution in [3.8, 4) is 0 Å². The summed E-state index contributed by atoms with van der Waals surface area (Å²) in [6.07, 6.45) is 0. The van der Waals surface area contributed by atoms with Crippen LogP contribution in [0.5, 0.6) is 0 Å². The molecular formula is C14H15ClN2O2S. The predicted octanol–water partition coefficient (Wildman–Crippen LogP) is 3.34. The zero-order valence-electron chi connectivity index (χ0n) is 11.1. The topological polar surface area (TPSA) is 72.2 Å². The molecule has 0 bridgehead atoms. The molecule has 0 aliphatic rings. The normalized spacial score (nSPS) is 11.3. The first kappa shape index (κ1) is 14.7. The van der Waals surface area contributed by atoms with Crippen LogP contribution in [0.25, 0.3) is 0 Å². The summed E-state index contributed by atoms with van der Waals surface area (Å²) in [5, 5.41) is 0.508. The fourth-order valence-corrected chi connectivity index (χ4v) is 2.92. The molecule has 0 amide bonds. The van der Waals surface area contributed by atoms with Gasteiger partial charge >= 0.3 is 0 Å². The number of aryl methyl sites for hydroxylation is 2. The van der Waals surface area contributed by atoms with E-state index < -0.39 is 10.0 Å². The smallest absolute Gasteiger partial charge is 0.261 e. The molecule has 2 aromatic rings. The van der Waals surface area contributed by atoms with Gasteiger partial charge in [0, 0.05) is 10.7 Å². The van der Waals surface area contributed by atoms with E-state index in [-0.39, 0.29) is 4.90 Å². The number of nitrogens with one attached hydrogen (secondary N) is 1. The van der Waals surface area contributed by atoms with Crippen LogP contribution in [-0.4, -0.2) is 8.42 Å². The summed E-state index contributed by atoms with van der Waals surface area (Å²) < 4.78 is 27.0. The first-order valence-electron chi connectivity index (χ1n) is 5.95. The fourth-order valence-electron chi connectivity index (χ4n) is 1.66. The van der Waals surface area contributed by atoms with Gasteiger partial charge in [-0.2, -0.15) is 0 Å². The molecule has 2 aromatic carbocycles. The number of nitrogens with two attached hydrogens (primary N) is 1. The molecule has 0 aliphatic heterocycles. The Morgan fingerprint density at radius 2 is 1.70 bits per heavy atom. The lowest BCUT2D eigenvalue weighted by atomic mass is 10.2. The number of benzene rings is 2. The van der Waals surface area contributed by atoms with E-state index in [2.05, 4.69) is 4.72 Å². The standard InChI is InChI=1S/C14H15ClN2O2S/c1-9-3-5-11(7-13(9)15)17-20(18,19)12-6-4-10(2)14(16)8-12/h3-8,17H,16H2,1-2H3. The third-order valence-electron chi connectivity index (χ3n) is 2.99.